The number of carbonyl (C=O) groups excluding carboxylic acids is 2. The molecule has 1 aromatic carbocycles. The Hall–Kier alpha value is -2.45. The second-order valence-electron chi connectivity index (χ2n) is 5.64. The van der Waals surface area contributed by atoms with Crippen molar-refractivity contribution in [2.75, 3.05) is 25.5 Å². The third-order valence-electron chi connectivity index (χ3n) is 4.07. The lowest BCUT2D eigenvalue weighted by atomic mass is 10.1. The van der Waals surface area contributed by atoms with E-state index in [4.69, 9.17) is 0 Å². The van der Waals surface area contributed by atoms with Gasteiger partial charge in [0, 0.05) is 7.05 Å². The third kappa shape index (κ3) is 4.34. The Morgan fingerprint density at radius 1 is 1.20 bits per heavy atom. The highest BCUT2D eigenvalue weighted by atomic mass is 35.5. The summed E-state index contributed by atoms with van der Waals surface area (Å²) in [7, 11) is 1.55. The maximum atomic E-state index is 12.4. The van der Waals surface area contributed by atoms with Crippen molar-refractivity contribution in [1.29, 1.82) is 0 Å². The van der Waals surface area contributed by atoms with Crippen molar-refractivity contribution < 1.29 is 9.59 Å². The minimum atomic E-state index is -0.383. The van der Waals surface area contributed by atoms with Gasteiger partial charge in [0.05, 0.1) is 23.5 Å². The first-order valence-electron chi connectivity index (χ1n) is 7.94. The van der Waals surface area contributed by atoms with Gasteiger partial charge in [-0.05, 0) is 38.1 Å². The molecule has 0 radical (unpaired) electrons. The summed E-state index contributed by atoms with van der Waals surface area (Å²) in [5, 5.41) is 16.6. The Balaban J connectivity index is 0.00000225. The van der Waals surface area contributed by atoms with E-state index >= 15 is 0 Å². The molecule has 3 N–H and O–H groups in total. The molecular weight excluding hydrogens is 344 g/mol. The first-order chi connectivity index (χ1) is 11.7. The summed E-state index contributed by atoms with van der Waals surface area (Å²) >= 11 is 0. The van der Waals surface area contributed by atoms with E-state index in [0.717, 1.165) is 25.9 Å². The fraction of sp³-hybridized carbons (Fsp3) is 0.375. The quantitative estimate of drug-likeness (QED) is 0.757. The molecule has 9 heteroatoms. The molecular formula is C16H21ClN6O2. The Kier molecular flexibility index (Phi) is 6.49. The van der Waals surface area contributed by atoms with E-state index in [-0.39, 0.29) is 36.0 Å². The van der Waals surface area contributed by atoms with Gasteiger partial charge in [0.2, 0.25) is 0 Å². The largest absolute Gasteiger partial charge is 0.355 e. The molecule has 2 heterocycles. The van der Waals surface area contributed by atoms with Crippen LogP contribution in [0.2, 0.25) is 0 Å². The molecule has 2 aromatic rings. The van der Waals surface area contributed by atoms with E-state index < -0.39 is 0 Å². The number of halogens is 1. The minimum Gasteiger partial charge on any atom is -0.355 e. The van der Waals surface area contributed by atoms with E-state index in [2.05, 4.69) is 26.3 Å². The van der Waals surface area contributed by atoms with E-state index in [0.29, 0.717) is 11.3 Å². The normalized spacial score (nSPS) is 14.4. The Bertz CT molecular complexity index is 742. The Morgan fingerprint density at radius 3 is 2.64 bits per heavy atom. The van der Waals surface area contributed by atoms with Gasteiger partial charge in [-0.2, -0.15) is 0 Å². The molecule has 0 saturated carbocycles. The summed E-state index contributed by atoms with van der Waals surface area (Å²) in [6.45, 7) is 1.87. The molecule has 8 nitrogen and oxygen atoms in total. The number of amides is 2. The van der Waals surface area contributed by atoms with E-state index in [1.54, 1.807) is 42.2 Å². The first-order valence-corrected chi connectivity index (χ1v) is 7.94. The lowest BCUT2D eigenvalue weighted by Gasteiger charge is -2.22. The van der Waals surface area contributed by atoms with Crippen LogP contribution in [0.4, 0.5) is 5.69 Å². The van der Waals surface area contributed by atoms with Gasteiger partial charge >= 0.3 is 0 Å². The lowest BCUT2D eigenvalue weighted by Crippen LogP contribution is -2.29. The average molecular weight is 365 g/mol. The van der Waals surface area contributed by atoms with Gasteiger partial charge in [-0.1, -0.05) is 17.3 Å². The summed E-state index contributed by atoms with van der Waals surface area (Å²) in [6, 6.07) is 7.10. The summed E-state index contributed by atoms with van der Waals surface area (Å²) in [4.78, 5) is 24.3. The van der Waals surface area contributed by atoms with Crippen molar-refractivity contribution in [1.82, 2.24) is 25.6 Å². The van der Waals surface area contributed by atoms with E-state index in [9.17, 15) is 9.59 Å². The summed E-state index contributed by atoms with van der Waals surface area (Å²) < 4.78 is 1.75. The molecule has 1 aliphatic heterocycles. The van der Waals surface area contributed by atoms with Crippen molar-refractivity contribution >= 4 is 29.9 Å². The SMILES string of the molecule is CNC(=O)c1ccccc1NC(=O)c1cn(C2CCNCC2)nn1.Cl. The van der Waals surface area contributed by atoms with Crippen LogP contribution in [-0.2, 0) is 0 Å². The molecule has 0 spiro atoms. The number of para-hydroxylation sites is 1. The number of nitrogens with one attached hydrogen (secondary N) is 3. The summed E-state index contributed by atoms with van der Waals surface area (Å²) in [5.74, 6) is -0.643. The number of anilines is 1. The number of hydrogen-bond donors (Lipinski definition) is 3. The highest BCUT2D eigenvalue weighted by molar-refractivity contribution is 6.08. The number of carbonyl (C=O) groups is 2. The maximum absolute atomic E-state index is 12.4. The van der Waals surface area contributed by atoms with Crippen LogP contribution in [0.1, 0.15) is 39.7 Å². The smallest absolute Gasteiger partial charge is 0.277 e. The van der Waals surface area contributed by atoms with E-state index in [1.807, 2.05) is 0 Å². The molecule has 25 heavy (non-hydrogen) atoms. The molecule has 2 amide bonds. The molecule has 1 aliphatic rings. The molecule has 1 fully saturated rings. The van der Waals surface area contributed by atoms with Crippen LogP contribution in [-0.4, -0.2) is 46.9 Å². The number of rotatable bonds is 4. The summed E-state index contributed by atoms with van der Waals surface area (Å²) in [6.07, 6.45) is 3.58. The fourth-order valence-electron chi connectivity index (χ4n) is 2.74. The zero-order chi connectivity index (χ0) is 16.9. The van der Waals surface area contributed by atoms with Crippen LogP contribution in [0.25, 0.3) is 0 Å². The standard InChI is InChI=1S/C16H20N6O2.ClH/c1-17-15(23)12-4-2-3-5-13(12)19-16(24)14-10-22(21-20-14)11-6-8-18-9-7-11;/h2-5,10-11,18H,6-9H2,1H3,(H,17,23)(H,19,24);1H. The van der Waals surface area contributed by atoms with Crippen LogP contribution in [0.15, 0.2) is 30.5 Å². The molecule has 1 aromatic heterocycles. The maximum Gasteiger partial charge on any atom is 0.277 e. The Morgan fingerprint density at radius 2 is 1.92 bits per heavy atom. The number of hydrogen-bond acceptors (Lipinski definition) is 5. The van der Waals surface area contributed by atoms with Crippen LogP contribution < -0.4 is 16.0 Å². The monoisotopic (exact) mass is 364 g/mol. The van der Waals surface area contributed by atoms with Crippen LogP contribution in [0.3, 0.4) is 0 Å². The number of nitrogens with zero attached hydrogens (tertiary/aromatic N) is 3. The van der Waals surface area contributed by atoms with Crippen LogP contribution in [0, 0.1) is 0 Å². The molecule has 0 aliphatic carbocycles. The summed E-state index contributed by atoms with van der Waals surface area (Å²) in [5.41, 5.74) is 1.08. The highest BCUT2D eigenvalue weighted by Crippen LogP contribution is 2.18. The number of aromatic nitrogens is 3. The van der Waals surface area contributed by atoms with Gasteiger partial charge in [0.1, 0.15) is 0 Å². The van der Waals surface area contributed by atoms with E-state index in [1.165, 1.54) is 0 Å². The van der Waals surface area contributed by atoms with Gasteiger partial charge in [0.15, 0.2) is 5.69 Å². The second kappa shape index (κ2) is 8.59. The van der Waals surface area contributed by atoms with Gasteiger partial charge in [-0.25, -0.2) is 4.68 Å². The van der Waals surface area contributed by atoms with Gasteiger partial charge < -0.3 is 16.0 Å². The van der Waals surface area contributed by atoms with Crippen molar-refractivity contribution in [2.24, 2.45) is 0 Å². The zero-order valence-electron chi connectivity index (χ0n) is 13.9. The molecule has 0 atom stereocenters. The van der Waals surface area contributed by atoms with Crippen LogP contribution >= 0.6 is 12.4 Å². The topological polar surface area (TPSA) is 101 Å². The molecule has 0 bridgehead atoms. The second-order valence-corrected chi connectivity index (χ2v) is 5.64. The Labute approximate surface area is 151 Å². The lowest BCUT2D eigenvalue weighted by molar-refractivity contribution is 0.0964. The molecule has 0 unspecified atom stereocenters. The molecule has 3 rings (SSSR count). The number of benzene rings is 1. The van der Waals surface area contributed by atoms with Crippen molar-refractivity contribution in [3.05, 3.63) is 41.7 Å². The van der Waals surface area contributed by atoms with Gasteiger partial charge in [-0.15, -0.1) is 17.5 Å². The minimum absolute atomic E-state index is 0. The molecule has 134 valence electrons. The van der Waals surface area contributed by atoms with Crippen LogP contribution in [0.5, 0.6) is 0 Å². The van der Waals surface area contributed by atoms with Gasteiger partial charge in [0.25, 0.3) is 11.8 Å². The average Bonchev–Trinajstić information content (AvgIpc) is 3.12. The third-order valence-corrected chi connectivity index (χ3v) is 4.07. The molecule has 1 saturated heterocycles. The zero-order valence-corrected chi connectivity index (χ0v) is 14.7. The fourth-order valence-corrected chi connectivity index (χ4v) is 2.74. The number of piperidine rings is 1. The van der Waals surface area contributed by atoms with Crippen molar-refractivity contribution in [2.45, 2.75) is 18.9 Å². The predicted octanol–water partition coefficient (Wildman–Crippen LogP) is 1.24. The van der Waals surface area contributed by atoms with Gasteiger partial charge in [-0.3, -0.25) is 9.59 Å². The first kappa shape index (κ1) is 18.9. The predicted molar refractivity (Wildman–Crippen MR) is 96.2 cm³/mol. The highest BCUT2D eigenvalue weighted by Gasteiger charge is 2.19. The van der Waals surface area contributed by atoms with Crippen molar-refractivity contribution in [3.8, 4) is 0 Å². The van der Waals surface area contributed by atoms with Crippen molar-refractivity contribution in [3.63, 3.8) is 0 Å².